The van der Waals surface area contributed by atoms with Crippen LogP contribution >= 0.6 is 0 Å². The predicted octanol–water partition coefficient (Wildman–Crippen LogP) is 3.57. The van der Waals surface area contributed by atoms with Gasteiger partial charge in [0.05, 0.1) is 17.6 Å². The van der Waals surface area contributed by atoms with Gasteiger partial charge in [-0.15, -0.1) is 0 Å². The summed E-state index contributed by atoms with van der Waals surface area (Å²) in [5, 5.41) is 3.85. The highest BCUT2D eigenvalue weighted by atomic mass is 32.2. The molecule has 9 heteroatoms. The van der Waals surface area contributed by atoms with Crippen molar-refractivity contribution in [3.63, 3.8) is 0 Å². The minimum Gasteiger partial charge on any atom is -0.491 e. The van der Waals surface area contributed by atoms with Gasteiger partial charge in [-0.05, 0) is 30.5 Å². The van der Waals surface area contributed by atoms with Crippen molar-refractivity contribution in [2.45, 2.75) is 36.3 Å². The third-order valence-corrected chi connectivity index (χ3v) is 5.18. The fourth-order valence-electron chi connectivity index (χ4n) is 2.65. The molecule has 25 heavy (non-hydrogen) atoms. The molecule has 0 atom stereocenters. The fourth-order valence-corrected chi connectivity index (χ4v) is 3.30. The molecule has 5 nitrogen and oxygen atoms in total. The Morgan fingerprint density at radius 1 is 1.32 bits per heavy atom. The molecule has 1 aliphatic rings. The van der Waals surface area contributed by atoms with Crippen LogP contribution in [-0.2, 0) is 22.4 Å². The smallest absolute Gasteiger partial charge is 0.416 e. The highest BCUT2D eigenvalue weighted by molar-refractivity contribution is 7.90. The molecule has 2 aromatic rings. The molecule has 1 aromatic carbocycles. The van der Waals surface area contributed by atoms with Crippen LogP contribution in [0.1, 0.15) is 41.3 Å². The van der Waals surface area contributed by atoms with E-state index in [1.165, 1.54) is 7.11 Å². The van der Waals surface area contributed by atoms with E-state index in [1.807, 2.05) is 0 Å². The average Bonchev–Trinajstić information content (AvgIpc) is 3.27. The van der Waals surface area contributed by atoms with Gasteiger partial charge in [0.1, 0.15) is 5.69 Å². The SMILES string of the molecule is COc1c(Cc2ccc(S(C)(=O)=O)cc2C(F)(F)F)noc1C1CC1. The van der Waals surface area contributed by atoms with E-state index in [-0.39, 0.29) is 28.5 Å². The highest BCUT2D eigenvalue weighted by Crippen LogP contribution is 2.46. The summed E-state index contributed by atoms with van der Waals surface area (Å²) in [6, 6.07) is 2.97. The number of alkyl halides is 3. The van der Waals surface area contributed by atoms with Crippen molar-refractivity contribution in [1.82, 2.24) is 5.16 Å². The molecular weight excluding hydrogens is 359 g/mol. The minimum atomic E-state index is -4.69. The van der Waals surface area contributed by atoms with E-state index in [0.29, 0.717) is 17.6 Å². The Labute approximate surface area is 142 Å². The summed E-state index contributed by atoms with van der Waals surface area (Å²) in [5.41, 5.74) is -0.829. The van der Waals surface area contributed by atoms with Crippen LogP contribution in [0.15, 0.2) is 27.6 Å². The predicted molar refractivity (Wildman–Crippen MR) is 82.4 cm³/mol. The molecule has 0 radical (unpaired) electrons. The monoisotopic (exact) mass is 375 g/mol. The molecule has 0 saturated heterocycles. The quantitative estimate of drug-likeness (QED) is 0.799. The lowest BCUT2D eigenvalue weighted by Crippen LogP contribution is -2.12. The third kappa shape index (κ3) is 3.65. The molecule has 1 heterocycles. The Morgan fingerprint density at radius 3 is 2.52 bits per heavy atom. The molecule has 1 aromatic heterocycles. The lowest BCUT2D eigenvalue weighted by atomic mass is 10.0. The van der Waals surface area contributed by atoms with Crippen molar-refractivity contribution in [3.8, 4) is 5.75 Å². The molecule has 1 aliphatic carbocycles. The summed E-state index contributed by atoms with van der Waals surface area (Å²) in [4.78, 5) is -0.380. The number of benzene rings is 1. The van der Waals surface area contributed by atoms with Gasteiger partial charge in [0, 0.05) is 18.6 Å². The minimum absolute atomic E-state index is 0.0890. The second-order valence-corrected chi connectivity index (χ2v) is 8.08. The molecule has 0 unspecified atom stereocenters. The first-order valence-corrected chi connectivity index (χ1v) is 9.43. The van der Waals surface area contributed by atoms with E-state index in [4.69, 9.17) is 9.26 Å². The van der Waals surface area contributed by atoms with Gasteiger partial charge < -0.3 is 9.26 Å². The van der Waals surface area contributed by atoms with Crippen LogP contribution in [0.25, 0.3) is 0 Å². The van der Waals surface area contributed by atoms with E-state index in [9.17, 15) is 21.6 Å². The van der Waals surface area contributed by atoms with Crippen LogP contribution in [0.4, 0.5) is 13.2 Å². The van der Waals surface area contributed by atoms with Gasteiger partial charge in [-0.25, -0.2) is 8.42 Å². The molecule has 0 spiro atoms. The van der Waals surface area contributed by atoms with E-state index in [2.05, 4.69) is 5.16 Å². The molecule has 136 valence electrons. The third-order valence-electron chi connectivity index (χ3n) is 4.07. The van der Waals surface area contributed by atoms with Gasteiger partial charge in [0.15, 0.2) is 21.3 Å². The molecule has 1 fully saturated rings. The number of sulfone groups is 1. The summed E-state index contributed by atoms with van der Waals surface area (Å²) in [6.07, 6.45) is -2.13. The lowest BCUT2D eigenvalue weighted by molar-refractivity contribution is -0.138. The first kappa shape index (κ1) is 17.8. The zero-order chi connectivity index (χ0) is 18.4. The van der Waals surface area contributed by atoms with E-state index in [1.54, 1.807) is 0 Å². The van der Waals surface area contributed by atoms with Gasteiger partial charge in [-0.2, -0.15) is 13.2 Å². The Morgan fingerprint density at radius 2 is 2.00 bits per heavy atom. The van der Waals surface area contributed by atoms with Crippen LogP contribution in [0.5, 0.6) is 5.75 Å². The fraction of sp³-hybridized carbons (Fsp3) is 0.438. The Hall–Kier alpha value is -2.03. The maximum Gasteiger partial charge on any atom is 0.416 e. The summed E-state index contributed by atoms with van der Waals surface area (Å²) in [5.74, 6) is 1.12. The number of hydrogen-bond donors (Lipinski definition) is 0. The Balaban J connectivity index is 2.03. The second-order valence-electron chi connectivity index (χ2n) is 6.07. The number of ether oxygens (including phenoxy) is 1. The summed E-state index contributed by atoms with van der Waals surface area (Å²) >= 11 is 0. The summed E-state index contributed by atoms with van der Waals surface area (Å²) < 4.78 is 73.7. The van der Waals surface area contributed by atoms with Crippen LogP contribution in [0.2, 0.25) is 0 Å². The van der Waals surface area contributed by atoms with Crippen LogP contribution < -0.4 is 4.74 Å². The van der Waals surface area contributed by atoms with Gasteiger partial charge in [0.25, 0.3) is 0 Å². The number of rotatable bonds is 5. The summed E-state index contributed by atoms with van der Waals surface area (Å²) in [6.45, 7) is 0. The number of methoxy groups -OCH3 is 1. The van der Waals surface area contributed by atoms with E-state index >= 15 is 0 Å². The van der Waals surface area contributed by atoms with E-state index in [0.717, 1.165) is 31.2 Å². The standard InChI is InChI=1S/C16H16F3NO4S/c1-23-15-13(20-24-14(15)9-3-4-9)7-10-5-6-11(25(2,21)22)8-12(10)16(17,18)19/h5-6,8-9H,3-4,7H2,1-2H3. The topological polar surface area (TPSA) is 69.4 Å². The average molecular weight is 375 g/mol. The van der Waals surface area contributed by atoms with Crippen molar-refractivity contribution < 1.29 is 30.8 Å². The number of aromatic nitrogens is 1. The van der Waals surface area contributed by atoms with Crippen molar-refractivity contribution in [1.29, 1.82) is 0 Å². The van der Waals surface area contributed by atoms with Gasteiger partial charge in [-0.3, -0.25) is 0 Å². The second kappa shape index (κ2) is 6.05. The number of halogens is 3. The first-order valence-electron chi connectivity index (χ1n) is 7.54. The van der Waals surface area contributed by atoms with Crippen LogP contribution in [0, 0.1) is 0 Å². The molecule has 0 bridgehead atoms. The van der Waals surface area contributed by atoms with Gasteiger partial charge >= 0.3 is 6.18 Å². The Bertz CT molecular complexity index is 899. The molecular formula is C16H16F3NO4S. The summed E-state index contributed by atoms with van der Waals surface area (Å²) in [7, 11) is -2.33. The zero-order valence-electron chi connectivity index (χ0n) is 13.6. The molecule has 0 N–H and O–H groups in total. The van der Waals surface area contributed by atoms with Crippen LogP contribution in [0.3, 0.4) is 0 Å². The zero-order valence-corrected chi connectivity index (χ0v) is 14.4. The normalized spacial score (nSPS) is 15.4. The highest BCUT2D eigenvalue weighted by Gasteiger charge is 2.36. The van der Waals surface area contributed by atoms with Gasteiger partial charge in [-0.1, -0.05) is 11.2 Å². The molecule has 1 saturated carbocycles. The molecule has 3 rings (SSSR count). The maximum atomic E-state index is 13.4. The van der Waals surface area contributed by atoms with Crippen molar-refractivity contribution >= 4 is 9.84 Å². The maximum absolute atomic E-state index is 13.4. The first-order chi connectivity index (χ1) is 11.6. The van der Waals surface area contributed by atoms with Crippen molar-refractivity contribution in [2.75, 3.05) is 13.4 Å². The van der Waals surface area contributed by atoms with Gasteiger partial charge in [0.2, 0.25) is 0 Å². The Kier molecular flexibility index (Phi) is 4.30. The van der Waals surface area contributed by atoms with E-state index < -0.39 is 21.6 Å². The van der Waals surface area contributed by atoms with Crippen molar-refractivity contribution in [2.24, 2.45) is 0 Å². The molecule has 0 amide bonds. The lowest BCUT2D eigenvalue weighted by Gasteiger charge is -2.14. The molecule has 0 aliphatic heterocycles. The largest absolute Gasteiger partial charge is 0.491 e. The van der Waals surface area contributed by atoms with Crippen LogP contribution in [-0.4, -0.2) is 26.9 Å². The number of hydrogen-bond acceptors (Lipinski definition) is 5. The number of nitrogens with zero attached hydrogens (tertiary/aromatic N) is 1. The van der Waals surface area contributed by atoms with Crippen molar-refractivity contribution in [3.05, 3.63) is 40.8 Å².